The van der Waals surface area contributed by atoms with E-state index in [4.69, 9.17) is 5.73 Å². The third kappa shape index (κ3) is 4.86. The van der Waals surface area contributed by atoms with Crippen molar-refractivity contribution in [3.8, 4) is 5.75 Å². The molecule has 0 bridgehead atoms. The normalized spacial score (nSPS) is 12.5. The molecule has 120 valence electrons. The minimum absolute atomic E-state index is 0. The van der Waals surface area contributed by atoms with Gasteiger partial charge in [0, 0.05) is 0 Å². The van der Waals surface area contributed by atoms with E-state index in [1.165, 1.54) is 42.5 Å². The summed E-state index contributed by atoms with van der Waals surface area (Å²) in [5.74, 6) is -0.737. The van der Waals surface area contributed by atoms with Gasteiger partial charge in [-0.3, -0.25) is 0 Å². The summed E-state index contributed by atoms with van der Waals surface area (Å²) in [5.41, 5.74) is 7.22. The Balaban J connectivity index is 0.00000242. The van der Waals surface area contributed by atoms with Crippen LogP contribution in [0.2, 0.25) is 0 Å². The lowest BCUT2D eigenvalue weighted by Gasteiger charge is -2.14. The van der Waals surface area contributed by atoms with Crippen molar-refractivity contribution in [1.82, 2.24) is 0 Å². The van der Waals surface area contributed by atoms with Gasteiger partial charge in [-0.1, -0.05) is 18.2 Å². The molecule has 2 rings (SSSR count). The average Bonchev–Trinajstić information content (AvgIpc) is 2.40. The number of benzene rings is 2. The molecule has 0 radical (unpaired) electrons. The Morgan fingerprint density at radius 1 is 1.00 bits per heavy atom. The van der Waals surface area contributed by atoms with Gasteiger partial charge in [-0.05, 0) is 51.3 Å². The van der Waals surface area contributed by atoms with Gasteiger partial charge in [-0.2, -0.15) is 0 Å². The summed E-state index contributed by atoms with van der Waals surface area (Å²) in [4.78, 5) is 0. The summed E-state index contributed by atoms with van der Waals surface area (Å²) in [6, 6.07) is 8.96. The third-order valence-corrected chi connectivity index (χ3v) is 3.38. The summed E-state index contributed by atoms with van der Waals surface area (Å²) in [6.07, 6.45) is -4.73. The van der Waals surface area contributed by atoms with Crippen LogP contribution in [0.4, 0.5) is 17.6 Å². The first kappa shape index (κ1) is 18.7. The van der Waals surface area contributed by atoms with E-state index >= 15 is 0 Å². The van der Waals surface area contributed by atoms with Crippen molar-refractivity contribution < 1.29 is 22.3 Å². The Morgan fingerprint density at radius 3 is 2.05 bits per heavy atom. The van der Waals surface area contributed by atoms with Crippen LogP contribution >= 0.6 is 28.3 Å². The lowest BCUT2D eigenvalue weighted by molar-refractivity contribution is -0.274. The zero-order valence-corrected chi connectivity index (χ0v) is 13.3. The van der Waals surface area contributed by atoms with Gasteiger partial charge >= 0.3 is 6.36 Å². The fourth-order valence-corrected chi connectivity index (χ4v) is 2.17. The van der Waals surface area contributed by atoms with Crippen molar-refractivity contribution >= 4 is 28.3 Å². The maximum atomic E-state index is 13.2. The second kappa shape index (κ2) is 7.30. The molecule has 2 nitrogen and oxygen atoms in total. The molecular formula is C14H11BrClF4NO. The molecular weight excluding hydrogens is 390 g/mol. The summed E-state index contributed by atoms with van der Waals surface area (Å²) in [5, 5.41) is 0. The number of nitrogens with two attached hydrogens (primary N) is 1. The lowest BCUT2D eigenvalue weighted by atomic mass is 9.99. The number of rotatable bonds is 3. The van der Waals surface area contributed by atoms with Gasteiger partial charge in [0.15, 0.2) is 0 Å². The molecule has 0 aliphatic carbocycles. The molecule has 1 atom stereocenters. The fraction of sp³-hybridized carbons (Fsp3) is 0.143. The smallest absolute Gasteiger partial charge is 0.406 e. The molecule has 0 spiro atoms. The van der Waals surface area contributed by atoms with E-state index in [9.17, 15) is 17.6 Å². The van der Waals surface area contributed by atoms with Gasteiger partial charge in [-0.25, -0.2) is 4.39 Å². The van der Waals surface area contributed by atoms with Crippen LogP contribution in [0.25, 0.3) is 0 Å². The highest BCUT2D eigenvalue weighted by atomic mass is 79.9. The van der Waals surface area contributed by atoms with E-state index in [-0.39, 0.29) is 22.6 Å². The predicted molar refractivity (Wildman–Crippen MR) is 80.5 cm³/mol. The van der Waals surface area contributed by atoms with Gasteiger partial charge in [0.2, 0.25) is 0 Å². The molecule has 0 saturated heterocycles. The number of hydrogen-bond donors (Lipinski definition) is 1. The maximum Gasteiger partial charge on any atom is 0.573 e. The van der Waals surface area contributed by atoms with Crippen molar-refractivity contribution in [2.45, 2.75) is 12.4 Å². The molecule has 22 heavy (non-hydrogen) atoms. The van der Waals surface area contributed by atoms with E-state index in [2.05, 4.69) is 20.7 Å². The van der Waals surface area contributed by atoms with E-state index in [1.54, 1.807) is 0 Å². The first-order valence-electron chi connectivity index (χ1n) is 5.82. The molecule has 8 heteroatoms. The third-order valence-electron chi connectivity index (χ3n) is 2.78. The van der Waals surface area contributed by atoms with Crippen molar-refractivity contribution in [2.75, 3.05) is 0 Å². The Morgan fingerprint density at radius 2 is 1.55 bits per heavy atom. The molecule has 0 fully saturated rings. The predicted octanol–water partition coefficient (Wildman–Crippen LogP) is 4.96. The highest BCUT2D eigenvalue weighted by Gasteiger charge is 2.31. The Labute approximate surface area is 138 Å². The molecule has 2 aromatic carbocycles. The highest BCUT2D eigenvalue weighted by Crippen LogP contribution is 2.27. The molecule has 0 saturated carbocycles. The Hall–Kier alpha value is -1.31. The number of alkyl halides is 3. The topological polar surface area (TPSA) is 35.2 Å². The number of ether oxygens (including phenoxy) is 1. The summed E-state index contributed by atoms with van der Waals surface area (Å²) < 4.78 is 53.4. The van der Waals surface area contributed by atoms with Crippen molar-refractivity contribution in [1.29, 1.82) is 0 Å². The first-order valence-corrected chi connectivity index (χ1v) is 6.62. The minimum Gasteiger partial charge on any atom is -0.406 e. The van der Waals surface area contributed by atoms with E-state index in [0.717, 1.165) is 0 Å². The number of halogens is 6. The molecule has 0 heterocycles. The molecule has 0 unspecified atom stereocenters. The zero-order valence-electron chi connectivity index (χ0n) is 10.9. The Bertz CT molecular complexity index is 634. The minimum atomic E-state index is -4.73. The molecule has 0 aliphatic rings. The van der Waals surface area contributed by atoms with Crippen molar-refractivity contribution in [3.63, 3.8) is 0 Å². The molecule has 0 aromatic heterocycles. The van der Waals surface area contributed by atoms with Crippen molar-refractivity contribution in [2.24, 2.45) is 5.73 Å². The summed E-state index contributed by atoms with van der Waals surface area (Å²) >= 11 is 3.06. The molecule has 2 aromatic rings. The largest absolute Gasteiger partial charge is 0.573 e. The van der Waals surface area contributed by atoms with E-state index in [0.29, 0.717) is 11.1 Å². The van der Waals surface area contributed by atoms with E-state index in [1.807, 2.05) is 0 Å². The van der Waals surface area contributed by atoms with Crippen molar-refractivity contribution in [3.05, 3.63) is 63.9 Å². The lowest BCUT2D eigenvalue weighted by Crippen LogP contribution is -2.17. The van der Waals surface area contributed by atoms with Crippen LogP contribution in [0.3, 0.4) is 0 Å². The summed E-state index contributed by atoms with van der Waals surface area (Å²) in [6.45, 7) is 0. The zero-order chi connectivity index (χ0) is 15.6. The van der Waals surface area contributed by atoms with Gasteiger partial charge in [-0.15, -0.1) is 25.6 Å². The van der Waals surface area contributed by atoms with Crippen LogP contribution in [0.5, 0.6) is 5.75 Å². The van der Waals surface area contributed by atoms with Gasteiger partial charge in [0.1, 0.15) is 11.6 Å². The SMILES string of the molecule is Cl.N[C@H](c1ccc(OC(F)(F)F)cc1)c1ccc(F)c(Br)c1. The highest BCUT2D eigenvalue weighted by molar-refractivity contribution is 9.10. The van der Waals surface area contributed by atoms with Gasteiger partial charge in [0.05, 0.1) is 10.5 Å². The molecule has 0 aliphatic heterocycles. The van der Waals surface area contributed by atoms with Crippen LogP contribution in [0.15, 0.2) is 46.9 Å². The standard InChI is InChI=1S/C14H10BrF4NO.ClH/c15-11-7-9(3-6-12(11)16)13(20)8-1-4-10(5-2-8)21-14(17,18)19;/h1-7,13H,20H2;1H/t13-;/m1./s1. The Kier molecular flexibility index (Phi) is 6.22. The van der Waals surface area contributed by atoms with E-state index < -0.39 is 18.2 Å². The monoisotopic (exact) mass is 399 g/mol. The van der Waals surface area contributed by atoms with Crippen LogP contribution in [-0.2, 0) is 0 Å². The van der Waals surface area contributed by atoms with Gasteiger partial charge < -0.3 is 10.5 Å². The van der Waals surface area contributed by atoms with Crippen LogP contribution < -0.4 is 10.5 Å². The quantitative estimate of drug-likeness (QED) is 0.740. The second-order valence-electron chi connectivity index (χ2n) is 4.27. The average molecular weight is 401 g/mol. The molecule has 0 amide bonds. The van der Waals surface area contributed by atoms with Crippen LogP contribution in [-0.4, -0.2) is 6.36 Å². The van der Waals surface area contributed by atoms with Crippen LogP contribution in [0.1, 0.15) is 17.2 Å². The van der Waals surface area contributed by atoms with Gasteiger partial charge in [0.25, 0.3) is 0 Å². The van der Waals surface area contributed by atoms with Crippen LogP contribution in [0, 0.1) is 5.82 Å². The maximum absolute atomic E-state index is 13.2. The second-order valence-corrected chi connectivity index (χ2v) is 5.12. The fourth-order valence-electron chi connectivity index (χ4n) is 1.78. The molecule has 2 N–H and O–H groups in total. The summed E-state index contributed by atoms with van der Waals surface area (Å²) in [7, 11) is 0. The first-order chi connectivity index (χ1) is 9.76. The number of hydrogen-bond acceptors (Lipinski definition) is 2.